The molecule has 2 aliphatic heterocycles. The van der Waals surface area contributed by atoms with Crippen molar-refractivity contribution in [2.45, 2.75) is 31.0 Å². The number of fused-ring (bicyclic) bond motifs is 2. The number of aliphatic hydroxyl groups excluding tert-OH is 1. The van der Waals surface area contributed by atoms with Gasteiger partial charge in [0.1, 0.15) is 0 Å². The van der Waals surface area contributed by atoms with E-state index in [1.165, 1.54) is 0 Å². The molecule has 2 unspecified atom stereocenters. The maximum atomic E-state index is 10.8. The van der Waals surface area contributed by atoms with Crippen LogP contribution >= 0.6 is 0 Å². The minimum Gasteiger partial charge on any atom is -0.480 e. The van der Waals surface area contributed by atoms with Gasteiger partial charge >= 0.3 is 12.1 Å². The number of aliphatic carboxylic acids is 1. The maximum Gasteiger partial charge on any atom is 0.408 e. The first-order chi connectivity index (χ1) is 6.52. The van der Waals surface area contributed by atoms with Crippen LogP contribution in [-0.4, -0.2) is 50.5 Å². The van der Waals surface area contributed by atoms with Gasteiger partial charge in [-0.25, -0.2) is 9.59 Å². The second kappa shape index (κ2) is 2.84. The predicted octanol–water partition coefficient (Wildman–Crippen LogP) is -0.427. The highest BCUT2D eigenvalue weighted by Crippen LogP contribution is 2.42. The summed E-state index contributed by atoms with van der Waals surface area (Å²) in [5.74, 6) is -1.31. The van der Waals surface area contributed by atoms with Gasteiger partial charge in [-0.15, -0.1) is 0 Å². The molecule has 0 aromatic heterocycles. The van der Waals surface area contributed by atoms with Crippen LogP contribution in [0.15, 0.2) is 0 Å². The summed E-state index contributed by atoms with van der Waals surface area (Å²) in [4.78, 5) is 22.5. The Bertz CT molecular complexity index is 271. The minimum absolute atomic E-state index is 0.0447. The van der Waals surface area contributed by atoms with E-state index >= 15 is 0 Å². The third-order valence-corrected chi connectivity index (χ3v) is 3.12. The number of nitrogens with zero attached hydrogens (tertiary/aromatic N) is 1. The number of hydrogen-bond donors (Lipinski definition) is 3. The van der Waals surface area contributed by atoms with Crippen LogP contribution in [0.1, 0.15) is 12.8 Å². The van der Waals surface area contributed by atoms with Crippen LogP contribution in [0.25, 0.3) is 0 Å². The molecular weight excluding hydrogens is 190 g/mol. The first-order valence-corrected chi connectivity index (χ1v) is 4.44. The lowest BCUT2D eigenvalue weighted by atomic mass is 9.69. The van der Waals surface area contributed by atoms with Gasteiger partial charge in [-0.3, -0.25) is 4.90 Å². The minimum atomic E-state index is -1.29. The van der Waals surface area contributed by atoms with Crippen LogP contribution in [0.4, 0.5) is 4.79 Å². The van der Waals surface area contributed by atoms with Crippen molar-refractivity contribution in [3.05, 3.63) is 0 Å². The number of carboxylic acids is 1. The molecule has 2 bridgehead atoms. The Labute approximate surface area is 79.7 Å². The standard InChI is InChI=1S/C8H11NO5/c10-6-3-1-4(2-3)9(8(13)14)5(6)7(11)12/h3-6,10H,1-2H2,(H,11,12)(H,13,14). The van der Waals surface area contributed by atoms with Crippen LogP contribution < -0.4 is 0 Å². The fourth-order valence-electron chi connectivity index (χ4n) is 2.33. The summed E-state index contributed by atoms with van der Waals surface area (Å²) in [5, 5.41) is 27.2. The number of piperidine rings is 2. The summed E-state index contributed by atoms with van der Waals surface area (Å²) >= 11 is 0. The largest absolute Gasteiger partial charge is 0.480 e. The second-order valence-corrected chi connectivity index (χ2v) is 3.85. The molecule has 6 heteroatoms. The predicted molar refractivity (Wildman–Crippen MR) is 43.8 cm³/mol. The van der Waals surface area contributed by atoms with Crippen LogP contribution in [-0.2, 0) is 4.79 Å². The Morgan fingerprint density at radius 3 is 2.14 bits per heavy atom. The third kappa shape index (κ3) is 1.07. The average Bonchev–Trinajstić information content (AvgIpc) is 1.99. The van der Waals surface area contributed by atoms with E-state index in [0.717, 1.165) is 4.90 Å². The number of hydrogen-bond acceptors (Lipinski definition) is 3. The van der Waals surface area contributed by atoms with E-state index in [4.69, 9.17) is 10.2 Å². The highest BCUT2D eigenvalue weighted by molar-refractivity contribution is 5.81. The summed E-state index contributed by atoms with van der Waals surface area (Å²) in [6, 6.07) is -1.51. The number of amides is 1. The molecule has 2 atom stereocenters. The smallest absolute Gasteiger partial charge is 0.408 e. The number of carbonyl (C=O) groups is 2. The average molecular weight is 201 g/mol. The second-order valence-electron chi connectivity index (χ2n) is 3.85. The molecule has 0 aromatic rings. The molecule has 3 fully saturated rings. The van der Waals surface area contributed by atoms with E-state index in [-0.39, 0.29) is 12.0 Å². The van der Waals surface area contributed by atoms with E-state index in [1.54, 1.807) is 0 Å². The summed E-state index contributed by atoms with van der Waals surface area (Å²) in [7, 11) is 0. The Morgan fingerprint density at radius 1 is 1.21 bits per heavy atom. The van der Waals surface area contributed by atoms with E-state index in [1.807, 2.05) is 0 Å². The summed E-state index contributed by atoms with van der Waals surface area (Å²) in [5.41, 5.74) is 0. The first-order valence-electron chi connectivity index (χ1n) is 4.44. The van der Waals surface area contributed by atoms with Gasteiger partial charge in [0.05, 0.1) is 6.10 Å². The van der Waals surface area contributed by atoms with Crippen molar-refractivity contribution in [2.75, 3.05) is 0 Å². The van der Waals surface area contributed by atoms with E-state index in [9.17, 15) is 14.7 Å². The van der Waals surface area contributed by atoms with E-state index in [2.05, 4.69) is 0 Å². The van der Waals surface area contributed by atoms with Crippen molar-refractivity contribution >= 4 is 12.1 Å². The maximum absolute atomic E-state index is 10.8. The van der Waals surface area contributed by atoms with Crippen molar-refractivity contribution < 1.29 is 24.9 Å². The molecular formula is C8H11NO5. The zero-order valence-electron chi connectivity index (χ0n) is 7.33. The van der Waals surface area contributed by atoms with Gasteiger partial charge in [-0.2, -0.15) is 0 Å². The van der Waals surface area contributed by atoms with Crippen LogP contribution in [0.2, 0.25) is 0 Å². The quantitative estimate of drug-likeness (QED) is 0.535. The van der Waals surface area contributed by atoms with Crippen LogP contribution in [0.5, 0.6) is 0 Å². The number of rotatable bonds is 1. The fourth-order valence-corrected chi connectivity index (χ4v) is 2.33. The molecule has 3 aliphatic rings. The van der Waals surface area contributed by atoms with Gasteiger partial charge in [-0.1, -0.05) is 0 Å². The lowest BCUT2D eigenvalue weighted by Crippen LogP contribution is -2.68. The van der Waals surface area contributed by atoms with Gasteiger partial charge in [0.25, 0.3) is 0 Å². The van der Waals surface area contributed by atoms with E-state index in [0.29, 0.717) is 12.8 Å². The Balaban J connectivity index is 2.26. The molecule has 1 amide bonds. The topological polar surface area (TPSA) is 98.1 Å². The Kier molecular flexibility index (Phi) is 1.88. The summed E-state index contributed by atoms with van der Waals surface area (Å²) < 4.78 is 0. The molecule has 6 nitrogen and oxygen atoms in total. The first kappa shape index (κ1) is 9.26. The molecule has 0 radical (unpaired) electrons. The number of carboxylic acid groups (broad SMARTS) is 2. The third-order valence-electron chi connectivity index (χ3n) is 3.12. The molecule has 1 saturated carbocycles. The monoisotopic (exact) mass is 201 g/mol. The molecule has 14 heavy (non-hydrogen) atoms. The van der Waals surface area contributed by atoms with Crippen molar-refractivity contribution in [1.29, 1.82) is 0 Å². The zero-order chi connectivity index (χ0) is 10.5. The van der Waals surface area contributed by atoms with E-state index < -0.39 is 24.2 Å². The molecule has 3 rings (SSSR count). The van der Waals surface area contributed by atoms with Crippen LogP contribution in [0.3, 0.4) is 0 Å². The van der Waals surface area contributed by atoms with Crippen molar-refractivity contribution in [1.82, 2.24) is 4.90 Å². The van der Waals surface area contributed by atoms with Gasteiger partial charge in [0, 0.05) is 6.04 Å². The van der Waals surface area contributed by atoms with Crippen LogP contribution in [0, 0.1) is 5.92 Å². The van der Waals surface area contributed by atoms with Gasteiger partial charge in [0.15, 0.2) is 6.04 Å². The highest BCUT2D eigenvalue weighted by atomic mass is 16.4. The van der Waals surface area contributed by atoms with Gasteiger partial charge < -0.3 is 15.3 Å². The fraction of sp³-hybridized carbons (Fsp3) is 0.750. The van der Waals surface area contributed by atoms with Gasteiger partial charge in [-0.05, 0) is 18.8 Å². The lowest BCUT2D eigenvalue weighted by Gasteiger charge is -2.53. The molecule has 78 valence electrons. The van der Waals surface area contributed by atoms with Crippen molar-refractivity contribution in [3.63, 3.8) is 0 Å². The molecule has 2 heterocycles. The SMILES string of the molecule is O=C(O)C1C(O)C2CC(C2)N1C(=O)O. The normalized spacial score (nSPS) is 40.2. The molecule has 1 aliphatic carbocycles. The molecule has 0 spiro atoms. The van der Waals surface area contributed by atoms with Gasteiger partial charge in [0.2, 0.25) is 0 Å². The Morgan fingerprint density at radius 2 is 1.79 bits per heavy atom. The lowest BCUT2D eigenvalue weighted by molar-refractivity contribution is -0.165. The van der Waals surface area contributed by atoms with Crippen molar-refractivity contribution in [2.24, 2.45) is 5.92 Å². The zero-order valence-corrected chi connectivity index (χ0v) is 7.33. The highest BCUT2D eigenvalue weighted by Gasteiger charge is 2.54. The molecule has 2 saturated heterocycles. The van der Waals surface area contributed by atoms with Crippen molar-refractivity contribution in [3.8, 4) is 0 Å². The molecule has 0 aromatic carbocycles. The Hall–Kier alpha value is -1.30. The molecule has 3 N–H and O–H groups in total. The number of aliphatic hydroxyl groups is 1. The summed E-state index contributed by atoms with van der Waals surface area (Å²) in [6.45, 7) is 0. The summed E-state index contributed by atoms with van der Waals surface area (Å²) in [6.07, 6.45) is -1.16.